The summed E-state index contributed by atoms with van der Waals surface area (Å²) in [6.45, 7) is 2.68. The van der Waals surface area contributed by atoms with Crippen LogP contribution in [-0.2, 0) is 16.6 Å². The first-order chi connectivity index (χ1) is 9.42. The van der Waals surface area contributed by atoms with Crippen LogP contribution >= 0.6 is 15.9 Å². The van der Waals surface area contributed by atoms with E-state index in [1.165, 1.54) is 0 Å². The number of benzene rings is 1. The van der Waals surface area contributed by atoms with Crippen molar-refractivity contribution in [3.05, 3.63) is 28.2 Å². The molecule has 20 heavy (non-hydrogen) atoms. The maximum atomic E-state index is 12.6. The molecule has 0 saturated heterocycles. The summed E-state index contributed by atoms with van der Waals surface area (Å²) in [5.41, 5.74) is 0.715. The van der Waals surface area contributed by atoms with Gasteiger partial charge in [-0.3, -0.25) is 0 Å². The maximum absolute atomic E-state index is 12.6. The van der Waals surface area contributed by atoms with Crippen LogP contribution in [0.1, 0.15) is 38.2 Å². The standard InChI is InChI=1S/C14H21BrN2O2S/c1-3-14(7-4-8-14)17-20(18,19)13-9-11(10-16-2)5-6-12(13)15/h5-6,9,16-17H,3-4,7-8,10H2,1-2H3. The van der Waals surface area contributed by atoms with Crippen LogP contribution in [0.4, 0.5) is 0 Å². The van der Waals surface area contributed by atoms with E-state index in [4.69, 9.17) is 0 Å². The minimum absolute atomic E-state index is 0.239. The largest absolute Gasteiger partial charge is 0.316 e. The van der Waals surface area contributed by atoms with Gasteiger partial charge in [-0.2, -0.15) is 0 Å². The van der Waals surface area contributed by atoms with Crippen LogP contribution in [0.5, 0.6) is 0 Å². The zero-order valence-corrected chi connectivity index (χ0v) is 14.3. The monoisotopic (exact) mass is 360 g/mol. The van der Waals surface area contributed by atoms with Gasteiger partial charge < -0.3 is 5.32 Å². The van der Waals surface area contributed by atoms with E-state index in [1.807, 2.05) is 20.0 Å². The third-order valence-corrected chi connectivity index (χ3v) is 6.58. The minimum atomic E-state index is -3.49. The van der Waals surface area contributed by atoms with Crippen LogP contribution in [0.3, 0.4) is 0 Å². The molecule has 1 saturated carbocycles. The molecule has 1 aliphatic carbocycles. The van der Waals surface area contributed by atoms with E-state index in [9.17, 15) is 8.42 Å². The van der Waals surface area contributed by atoms with Crippen molar-refractivity contribution in [2.45, 2.75) is 49.6 Å². The third-order valence-electron chi connectivity index (χ3n) is 4.00. The number of rotatable bonds is 6. The number of halogens is 1. The Balaban J connectivity index is 2.31. The zero-order valence-electron chi connectivity index (χ0n) is 11.9. The summed E-state index contributed by atoms with van der Waals surface area (Å²) >= 11 is 3.35. The highest BCUT2D eigenvalue weighted by Crippen LogP contribution is 2.36. The molecule has 1 fully saturated rings. The Bertz CT molecular complexity index is 577. The topological polar surface area (TPSA) is 58.2 Å². The molecule has 6 heteroatoms. The van der Waals surface area contributed by atoms with Gasteiger partial charge in [0.15, 0.2) is 0 Å². The average Bonchev–Trinajstić information content (AvgIpc) is 2.36. The van der Waals surface area contributed by atoms with Crippen LogP contribution in [-0.4, -0.2) is 21.0 Å². The summed E-state index contributed by atoms with van der Waals surface area (Å²) < 4.78 is 28.7. The second kappa shape index (κ2) is 6.13. The van der Waals surface area contributed by atoms with Crippen molar-refractivity contribution >= 4 is 26.0 Å². The Morgan fingerprint density at radius 1 is 1.35 bits per heavy atom. The molecule has 4 nitrogen and oxygen atoms in total. The van der Waals surface area contributed by atoms with Gasteiger partial charge in [0.1, 0.15) is 0 Å². The fourth-order valence-corrected chi connectivity index (χ4v) is 5.08. The van der Waals surface area contributed by atoms with Crippen LogP contribution in [0.2, 0.25) is 0 Å². The van der Waals surface area contributed by atoms with Gasteiger partial charge in [0, 0.05) is 16.6 Å². The van der Waals surface area contributed by atoms with Crippen LogP contribution in [0, 0.1) is 0 Å². The number of hydrogen-bond acceptors (Lipinski definition) is 3. The van der Waals surface area contributed by atoms with E-state index < -0.39 is 10.0 Å². The van der Waals surface area contributed by atoms with Crippen molar-refractivity contribution in [1.29, 1.82) is 0 Å². The van der Waals surface area contributed by atoms with E-state index in [1.54, 1.807) is 12.1 Å². The lowest BCUT2D eigenvalue weighted by Crippen LogP contribution is -2.52. The second-order valence-electron chi connectivity index (χ2n) is 5.39. The lowest BCUT2D eigenvalue weighted by molar-refractivity contribution is 0.214. The summed E-state index contributed by atoms with van der Waals surface area (Å²) in [5.74, 6) is 0. The van der Waals surface area contributed by atoms with Crippen molar-refractivity contribution in [1.82, 2.24) is 10.0 Å². The molecule has 0 amide bonds. The van der Waals surface area contributed by atoms with E-state index >= 15 is 0 Å². The SMILES string of the molecule is CCC1(NS(=O)(=O)c2cc(CNC)ccc2Br)CCC1. The van der Waals surface area contributed by atoms with E-state index in [0.29, 0.717) is 15.9 Å². The molecule has 0 aromatic heterocycles. The summed E-state index contributed by atoms with van der Waals surface area (Å²) in [6.07, 6.45) is 3.78. The summed E-state index contributed by atoms with van der Waals surface area (Å²) in [6, 6.07) is 5.43. The smallest absolute Gasteiger partial charge is 0.242 e. The van der Waals surface area contributed by atoms with Crippen LogP contribution in [0.15, 0.2) is 27.6 Å². The number of nitrogens with one attached hydrogen (secondary N) is 2. The highest BCUT2D eigenvalue weighted by Gasteiger charge is 2.39. The van der Waals surface area contributed by atoms with Gasteiger partial charge in [-0.05, 0) is 66.4 Å². The summed E-state index contributed by atoms with van der Waals surface area (Å²) in [7, 11) is -1.64. The van der Waals surface area contributed by atoms with Crippen molar-refractivity contribution in [2.75, 3.05) is 7.05 Å². The first-order valence-electron chi connectivity index (χ1n) is 6.89. The van der Waals surface area contributed by atoms with Crippen LogP contribution in [0.25, 0.3) is 0 Å². The van der Waals surface area contributed by atoms with Gasteiger partial charge in [0.2, 0.25) is 10.0 Å². The zero-order chi connectivity index (χ0) is 14.8. The molecular weight excluding hydrogens is 340 g/mol. The number of sulfonamides is 1. The lowest BCUT2D eigenvalue weighted by Gasteiger charge is -2.41. The Morgan fingerprint density at radius 3 is 2.55 bits per heavy atom. The normalized spacial score (nSPS) is 17.8. The van der Waals surface area contributed by atoms with Crippen molar-refractivity contribution in [2.24, 2.45) is 0 Å². The third kappa shape index (κ3) is 3.24. The van der Waals surface area contributed by atoms with Gasteiger partial charge >= 0.3 is 0 Å². The minimum Gasteiger partial charge on any atom is -0.316 e. The molecule has 0 spiro atoms. The molecule has 1 aromatic rings. The summed E-state index contributed by atoms with van der Waals surface area (Å²) in [4.78, 5) is 0.324. The fourth-order valence-electron chi connectivity index (χ4n) is 2.54. The molecular formula is C14H21BrN2O2S. The highest BCUT2D eigenvalue weighted by atomic mass is 79.9. The van der Waals surface area contributed by atoms with E-state index in [2.05, 4.69) is 26.0 Å². The van der Waals surface area contributed by atoms with Gasteiger partial charge in [-0.1, -0.05) is 13.0 Å². The van der Waals surface area contributed by atoms with E-state index in [0.717, 1.165) is 31.2 Å². The van der Waals surface area contributed by atoms with Gasteiger partial charge in [0.05, 0.1) is 4.90 Å². The fraction of sp³-hybridized carbons (Fsp3) is 0.571. The van der Waals surface area contributed by atoms with Crippen molar-refractivity contribution in [3.63, 3.8) is 0 Å². The first-order valence-corrected chi connectivity index (χ1v) is 9.17. The van der Waals surface area contributed by atoms with Gasteiger partial charge in [-0.25, -0.2) is 13.1 Å². The molecule has 2 rings (SSSR count). The average molecular weight is 361 g/mol. The molecule has 0 aliphatic heterocycles. The van der Waals surface area contributed by atoms with Gasteiger partial charge in [0.25, 0.3) is 0 Å². The molecule has 0 unspecified atom stereocenters. The van der Waals surface area contributed by atoms with Crippen molar-refractivity contribution in [3.8, 4) is 0 Å². The molecule has 0 heterocycles. The number of hydrogen-bond donors (Lipinski definition) is 2. The molecule has 2 N–H and O–H groups in total. The Morgan fingerprint density at radius 2 is 2.05 bits per heavy atom. The molecule has 1 aliphatic rings. The Kier molecular flexibility index (Phi) is 4.89. The first kappa shape index (κ1) is 15.9. The summed E-state index contributed by atoms with van der Waals surface area (Å²) in [5, 5.41) is 3.03. The maximum Gasteiger partial charge on any atom is 0.242 e. The molecule has 0 radical (unpaired) electrons. The Labute approximate surface area is 129 Å². The van der Waals surface area contributed by atoms with Crippen LogP contribution < -0.4 is 10.0 Å². The van der Waals surface area contributed by atoms with Gasteiger partial charge in [-0.15, -0.1) is 0 Å². The predicted octanol–water partition coefficient (Wildman–Crippen LogP) is 2.78. The Hall–Kier alpha value is -0.430. The second-order valence-corrected chi connectivity index (χ2v) is 7.89. The quantitative estimate of drug-likeness (QED) is 0.819. The van der Waals surface area contributed by atoms with E-state index in [-0.39, 0.29) is 5.54 Å². The molecule has 0 atom stereocenters. The highest BCUT2D eigenvalue weighted by molar-refractivity contribution is 9.10. The molecule has 0 bridgehead atoms. The molecule has 112 valence electrons. The van der Waals surface area contributed by atoms with Crippen molar-refractivity contribution < 1.29 is 8.42 Å². The lowest BCUT2D eigenvalue weighted by atomic mass is 9.76. The predicted molar refractivity (Wildman–Crippen MR) is 84.1 cm³/mol. The molecule has 1 aromatic carbocycles.